The first kappa shape index (κ1) is 17.6. The Morgan fingerprint density at radius 3 is 1.36 bits per heavy atom. The number of benzene rings is 2. The van der Waals surface area contributed by atoms with Crippen molar-refractivity contribution in [3.63, 3.8) is 0 Å². The summed E-state index contributed by atoms with van der Waals surface area (Å²) in [7, 11) is 1.52. The van der Waals surface area contributed by atoms with E-state index in [1.165, 1.54) is 7.11 Å². The minimum Gasteiger partial charge on any atom is -0.479 e. The molecule has 5 nitrogen and oxygen atoms in total. The number of methoxy groups -OCH3 is 1. The maximum Gasteiger partial charge on any atom is 0.252 e. The van der Waals surface area contributed by atoms with Crippen LogP contribution >= 0.6 is 34.8 Å². The summed E-state index contributed by atoms with van der Waals surface area (Å²) in [5.74, 6) is 0.361. The molecule has 0 saturated carbocycles. The van der Waals surface area contributed by atoms with E-state index in [9.17, 15) is 0 Å². The second-order valence-corrected chi connectivity index (χ2v) is 5.88. The van der Waals surface area contributed by atoms with Gasteiger partial charge in [0.1, 0.15) is 0 Å². The fraction of sp³-hybridized carbons (Fsp3) is 0.0588. The molecule has 126 valence electrons. The molecule has 0 radical (unpaired) electrons. The number of aromatic nitrogens is 4. The lowest BCUT2D eigenvalue weighted by atomic mass is 10.3. The highest BCUT2D eigenvalue weighted by atomic mass is 35.5. The van der Waals surface area contributed by atoms with Crippen LogP contribution in [0.5, 0.6) is 5.88 Å². The zero-order valence-electron chi connectivity index (χ0n) is 12.9. The molecule has 2 aromatic carbocycles. The molecular formula is C17H11Cl3N4O. The fourth-order valence-corrected chi connectivity index (χ4v) is 2.53. The first-order chi connectivity index (χ1) is 12.1. The Labute approximate surface area is 158 Å². The van der Waals surface area contributed by atoms with Crippen LogP contribution < -0.4 is 4.74 Å². The number of ether oxygens (including phenoxy) is 1. The molecule has 0 atom stereocenters. The first-order valence-electron chi connectivity index (χ1n) is 7.12. The Bertz CT molecular complexity index is 1000. The van der Waals surface area contributed by atoms with Crippen LogP contribution in [-0.4, -0.2) is 27.0 Å². The predicted molar refractivity (Wildman–Crippen MR) is 101 cm³/mol. The van der Waals surface area contributed by atoms with Gasteiger partial charge in [-0.2, -0.15) is 0 Å². The van der Waals surface area contributed by atoms with Crippen LogP contribution in [0.4, 0.5) is 0 Å². The van der Waals surface area contributed by atoms with E-state index in [1.807, 2.05) is 48.5 Å². The number of nitrogens with zero attached hydrogens (tertiary/aromatic N) is 4. The van der Waals surface area contributed by atoms with E-state index >= 15 is 0 Å². The molecule has 0 spiro atoms. The number of halogens is 3. The van der Waals surface area contributed by atoms with E-state index in [0.717, 1.165) is 22.1 Å². The molecule has 0 unspecified atom stereocenters. The Kier molecular flexibility index (Phi) is 5.48. The number of fused-ring (bicyclic) bond motifs is 2. The lowest BCUT2D eigenvalue weighted by molar-refractivity contribution is 0.398. The Morgan fingerprint density at radius 1 is 0.600 bits per heavy atom. The Balaban J connectivity index is 0.000000146. The van der Waals surface area contributed by atoms with Crippen LogP contribution in [-0.2, 0) is 0 Å². The van der Waals surface area contributed by atoms with Crippen LogP contribution in [0.15, 0.2) is 48.5 Å². The number of hydrogen-bond donors (Lipinski definition) is 0. The molecule has 0 aliphatic heterocycles. The molecule has 0 aliphatic carbocycles. The van der Waals surface area contributed by atoms with Crippen molar-refractivity contribution >= 4 is 56.9 Å². The highest BCUT2D eigenvalue weighted by molar-refractivity contribution is 6.40. The number of rotatable bonds is 1. The third-order valence-electron chi connectivity index (χ3n) is 3.18. The highest BCUT2D eigenvalue weighted by Gasteiger charge is 2.05. The van der Waals surface area contributed by atoms with Gasteiger partial charge in [-0.15, -0.1) is 0 Å². The van der Waals surface area contributed by atoms with E-state index in [4.69, 9.17) is 39.5 Å². The van der Waals surface area contributed by atoms with Crippen molar-refractivity contribution in [1.29, 1.82) is 0 Å². The molecular weight excluding hydrogens is 383 g/mol. The molecule has 4 rings (SSSR count). The normalized spacial score (nSPS) is 10.4. The van der Waals surface area contributed by atoms with Crippen LogP contribution in [0, 0.1) is 0 Å². The molecule has 0 amide bonds. The Morgan fingerprint density at radius 2 is 0.960 bits per heavy atom. The van der Waals surface area contributed by atoms with Gasteiger partial charge in [-0.05, 0) is 24.3 Å². The third-order valence-corrected chi connectivity index (χ3v) is 4.05. The minimum absolute atomic E-state index is 0.246. The zero-order valence-corrected chi connectivity index (χ0v) is 15.2. The van der Waals surface area contributed by atoms with Crippen LogP contribution in [0.25, 0.3) is 22.1 Å². The summed E-state index contributed by atoms with van der Waals surface area (Å²) in [5.41, 5.74) is 3.07. The fourth-order valence-electron chi connectivity index (χ4n) is 2.05. The monoisotopic (exact) mass is 392 g/mol. The smallest absolute Gasteiger partial charge is 0.252 e. The van der Waals surface area contributed by atoms with Gasteiger partial charge < -0.3 is 4.74 Å². The molecule has 2 heterocycles. The second kappa shape index (κ2) is 7.78. The quantitative estimate of drug-likeness (QED) is 0.443. The van der Waals surface area contributed by atoms with Crippen molar-refractivity contribution in [2.24, 2.45) is 0 Å². The van der Waals surface area contributed by atoms with Gasteiger partial charge in [-0.1, -0.05) is 59.1 Å². The SMILES string of the molecule is COc1nc2ccccc2nc1Cl.Clc1nc2ccccc2nc1Cl. The van der Waals surface area contributed by atoms with Gasteiger partial charge in [0.2, 0.25) is 0 Å². The maximum absolute atomic E-state index is 5.80. The standard InChI is InChI=1S/C9H7ClN2O.C8H4Cl2N2/c1-13-9-8(10)11-6-4-2-3-5-7(6)12-9;9-7-8(10)12-6-4-2-1-3-5(6)11-7/h2-5H,1H3;1-4H. The van der Waals surface area contributed by atoms with Gasteiger partial charge in [0.25, 0.3) is 5.88 Å². The summed E-state index contributed by atoms with van der Waals surface area (Å²) in [6.45, 7) is 0. The second-order valence-electron chi connectivity index (χ2n) is 4.81. The summed E-state index contributed by atoms with van der Waals surface area (Å²) >= 11 is 17.2. The highest BCUT2D eigenvalue weighted by Crippen LogP contribution is 2.22. The van der Waals surface area contributed by atoms with Crippen molar-refractivity contribution in [3.05, 3.63) is 64.0 Å². The summed E-state index contributed by atoms with van der Waals surface area (Å²) < 4.78 is 4.95. The summed E-state index contributed by atoms with van der Waals surface area (Å²) in [6, 6.07) is 14.9. The average Bonchev–Trinajstić information content (AvgIpc) is 2.62. The summed E-state index contributed by atoms with van der Waals surface area (Å²) in [6.07, 6.45) is 0. The molecule has 0 N–H and O–H groups in total. The predicted octanol–water partition coefficient (Wildman–Crippen LogP) is 5.23. The molecule has 8 heteroatoms. The van der Waals surface area contributed by atoms with Crippen molar-refractivity contribution in [3.8, 4) is 5.88 Å². The number of para-hydroxylation sites is 4. The van der Waals surface area contributed by atoms with E-state index in [0.29, 0.717) is 11.0 Å². The van der Waals surface area contributed by atoms with E-state index in [-0.39, 0.29) is 10.3 Å². The number of hydrogen-bond acceptors (Lipinski definition) is 5. The van der Waals surface area contributed by atoms with Gasteiger partial charge in [0.05, 0.1) is 29.2 Å². The minimum atomic E-state index is 0.246. The molecule has 25 heavy (non-hydrogen) atoms. The van der Waals surface area contributed by atoms with Gasteiger partial charge in [0.15, 0.2) is 15.5 Å². The van der Waals surface area contributed by atoms with Gasteiger partial charge in [-0.3, -0.25) is 0 Å². The molecule has 4 aromatic rings. The molecule has 0 fully saturated rings. The lowest BCUT2D eigenvalue weighted by Crippen LogP contribution is -1.92. The third kappa shape index (κ3) is 4.07. The maximum atomic E-state index is 5.80. The van der Waals surface area contributed by atoms with Gasteiger partial charge >= 0.3 is 0 Å². The topological polar surface area (TPSA) is 60.8 Å². The lowest BCUT2D eigenvalue weighted by Gasteiger charge is -2.02. The van der Waals surface area contributed by atoms with Crippen LogP contribution in [0.2, 0.25) is 15.5 Å². The largest absolute Gasteiger partial charge is 0.479 e. The summed E-state index contributed by atoms with van der Waals surface area (Å²) in [5, 5.41) is 0.784. The van der Waals surface area contributed by atoms with Crippen molar-refractivity contribution in [2.75, 3.05) is 7.11 Å². The van der Waals surface area contributed by atoms with E-state index in [2.05, 4.69) is 19.9 Å². The van der Waals surface area contributed by atoms with Crippen molar-refractivity contribution < 1.29 is 4.74 Å². The Hall–Kier alpha value is -2.21. The molecule has 0 bridgehead atoms. The molecule has 0 aliphatic rings. The zero-order chi connectivity index (χ0) is 17.8. The van der Waals surface area contributed by atoms with Crippen molar-refractivity contribution in [1.82, 2.24) is 19.9 Å². The van der Waals surface area contributed by atoms with Gasteiger partial charge in [-0.25, -0.2) is 19.9 Å². The molecule has 0 saturated heterocycles. The van der Waals surface area contributed by atoms with Crippen LogP contribution in [0.1, 0.15) is 0 Å². The average molecular weight is 394 g/mol. The molecule has 2 aromatic heterocycles. The summed E-state index contributed by atoms with van der Waals surface area (Å²) in [4.78, 5) is 16.4. The van der Waals surface area contributed by atoms with Crippen molar-refractivity contribution in [2.45, 2.75) is 0 Å². The van der Waals surface area contributed by atoms with Gasteiger partial charge in [0, 0.05) is 0 Å². The van der Waals surface area contributed by atoms with E-state index < -0.39 is 0 Å². The van der Waals surface area contributed by atoms with Crippen LogP contribution in [0.3, 0.4) is 0 Å². The van der Waals surface area contributed by atoms with E-state index in [1.54, 1.807) is 0 Å². The first-order valence-corrected chi connectivity index (χ1v) is 8.26.